The fourth-order valence-electron chi connectivity index (χ4n) is 2.55. The normalized spacial score (nSPS) is 11.2. The lowest BCUT2D eigenvalue weighted by atomic mass is 10.1. The number of halogens is 2. The summed E-state index contributed by atoms with van der Waals surface area (Å²) in [6.45, 7) is 1.31. The molecule has 21 heavy (non-hydrogen) atoms. The molecule has 0 spiro atoms. The van der Waals surface area contributed by atoms with Crippen molar-refractivity contribution in [1.82, 2.24) is 9.88 Å². The second kappa shape index (κ2) is 5.88. The first-order chi connectivity index (χ1) is 10.2. The van der Waals surface area contributed by atoms with Gasteiger partial charge in [-0.2, -0.15) is 0 Å². The maximum absolute atomic E-state index is 13.8. The quantitative estimate of drug-likeness (QED) is 0.764. The molecule has 0 saturated carbocycles. The van der Waals surface area contributed by atoms with Gasteiger partial charge in [-0.3, -0.25) is 0 Å². The molecule has 2 aromatic carbocycles. The first-order valence-electron chi connectivity index (χ1n) is 6.83. The second-order valence-corrected chi connectivity index (χ2v) is 5.54. The lowest BCUT2D eigenvalue weighted by molar-refractivity contribution is 0.602. The van der Waals surface area contributed by atoms with Crippen molar-refractivity contribution in [3.8, 4) is 0 Å². The molecule has 0 aliphatic heterocycles. The van der Waals surface area contributed by atoms with Crippen LogP contribution in [0.4, 0.5) is 4.39 Å². The Balaban J connectivity index is 1.96. The number of fused-ring (bicyclic) bond motifs is 1. The average Bonchev–Trinajstić information content (AvgIpc) is 2.86. The van der Waals surface area contributed by atoms with Crippen LogP contribution in [0.5, 0.6) is 0 Å². The summed E-state index contributed by atoms with van der Waals surface area (Å²) in [5.41, 5.74) is 2.92. The van der Waals surface area contributed by atoms with Crippen LogP contribution >= 0.6 is 11.6 Å². The van der Waals surface area contributed by atoms with Gasteiger partial charge in [-0.25, -0.2) is 4.39 Å². The first-order valence-corrected chi connectivity index (χ1v) is 7.21. The largest absolute Gasteiger partial charge is 0.343 e. The summed E-state index contributed by atoms with van der Waals surface area (Å²) in [5.74, 6) is -0.229. The van der Waals surface area contributed by atoms with Crippen molar-refractivity contribution in [2.45, 2.75) is 13.1 Å². The van der Waals surface area contributed by atoms with E-state index in [0.717, 1.165) is 17.4 Å². The number of aromatic nitrogens is 1. The predicted molar refractivity (Wildman–Crippen MR) is 85.2 cm³/mol. The van der Waals surface area contributed by atoms with E-state index in [2.05, 4.69) is 29.6 Å². The summed E-state index contributed by atoms with van der Waals surface area (Å²) in [5, 5.41) is 4.85. The standard InChI is InChI=1S/C17H16ClFN2/c1-20-10-12-2-5-17-13(8-12)6-7-21(17)11-14-9-15(18)3-4-16(14)19/h2-9,20H,10-11H2,1H3. The van der Waals surface area contributed by atoms with Crippen LogP contribution in [0.25, 0.3) is 10.9 Å². The van der Waals surface area contributed by atoms with Crippen LogP contribution < -0.4 is 5.32 Å². The van der Waals surface area contributed by atoms with Crippen LogP contribution in [-0.2, 0) is 13.1 Å². The average molecular weight is 303 g/mol. The molecule has 0 atom stereocenters. The van der Waals surface area contributed by atoms with Crippen molar-refractivity contribution in [3.63, 3.8) is 0 Å². The van der Waals surface area contributed by atoms with Crippen molar-refractivity contribution in [2.24, 2.45) is 0 Å². The van der Waals surface area contributed by atoms with Crippen molar-refractivity contribution in [1.29, 1.82) is 0 Å². The topological polar surface area (TPSA) is 17.0 Å². The molecular weight excluding hydrogens is 287 g/mol. The molecule has 0 fully saturated rings. The molecule has 0 aliphatic rings. The van der Waals surface area contributed by atoms with Gasteiger partial charge >= 0.3 is 0 Å². The summed E-state index contributed by atoms with van der Waals surface area (Å²) < 4.78 is 15.9. The Morgan fingerprint density at radius 1 is 1.14 bits per heavy atom. The fourth-order valence-corrected chi connectivity index (χ4v) is 2.74. The molecule has 0 aliphatic carbocycles. The number of hydrogen-bond donors (Lipinski definition) is 1. The summed E-state index contributed by atoms with van der Waals surface area (Å²) in [6.07, 6.45) is 1.98. The minimum Gasteiger partial charge on any atom is -0.343 e. The van der Waals surface area contributed by atoms with E-state index < -0.39 is 0 Å². The van der Waals surface area contributed by atoms with Crippen LogP contribution in [0.1, 0.15) is 11.1 Å². The highest BCUT2D eigenvalue weighted by molar-refractivity contribution is 6.30. The Morgan fingerprint density at radius 2 is 2.00 bits per heavy atom. The second-order valence-electron chi connectivity index (χ2n) is 5.10. The van der Waals surface area contributed by atoms with E-state index in [1.165, 1.54) is 11.6 Å². The third-order valence-electron chi connectivity index (χ3n) is 3.56. The lowest BCUT2D eigenvalue weighted by Crippen LogP contribution is -2.05. The van der Waals surface area contributed by atoms with Crippen LogP contribution in [0, 0.1) is 5.82 Å². The monoisotopic (exact) mass is 302 g/mol. The van der Waals surface area contributed by atoms with Crippen LogP contribution in [0.15, 0.2) is 48.7 Å². The molecule has 4 heteroatoms. The highest BCUT2D eigenvalue weighted by atomic mass is 35.5. The van der Waals surface area contributed by atoms with Gasteiger partial charge in [0.2, 0.25) is 0 Å². The van der Waals surface area contributed by atoms with Gasteiger partial charge in [0.25, 0.3) is 0 Å². The van der Waals surface area contributed by atoms with E-state index in [4.69, 9.17) is 11.6 Å². The number of nitrogens with one attached hydrogen (secondary N) is 1. The number of benzene rings is 2. The van der Waals surface area contributed by atoms with Gasteiger partial charge in [0, 0.05) is 28.8 Å². The van der Waals surface area contributed by atoms with Gasteiger partial charge in [0.15, 0.2) is 0 Å². The SMILES string of the molecule is CNCc1ccc2c(ccn2Cc2cc(Cl)ccc2F)c1. The van der Waals surface area contributed by atoms with E-state index in [9.17, 15) is 4.39 Å². The highest BCUT2D eigenvalue weighted by Gasteiger charge is 2.07. The smallest absolute Gasteiger partial charge is 0.128 e. The van der Waals surface area contributed by atoms with E-state index in [-0.39, 0.29) is 5.82 Å². The Kier molecular flexibility index (Phi) is 3.95. The Bertz CT molecular complexity index is 780. The molecule has 2 nitrogen and oxygen atoms in total. The van der Waals surface area contributed by atoms with Crippen molar-refractivity contribution >= 4 is 22.5 Å². The Labute approximate surface area is 128 Å². The molecular formula is C17H16ClFN2. The molecule has 1 aromatic heterocycles. The molecule has 0 saturated heterocycles. The molecule has 108 valence electrons. The van der Waals surface area contributed by atoms with E-state index >= 15 is 0 Å². The molecule has 3 aromatic rings. The predicted octanol–water partition coefficient (Wildman–Crippen LogP) is 4.20. The van der Waals surface area contributed by atoms with Crippen molar-refractivity contribution in [3.05, 3.63) is 70.6 Å². The maximum Gasteiger partial charge on any atom is 0.128 e. The zero-order valence-electron chi connectivity index (χ0n) is 11.7. The summed E-state index contributed by atoms with van der Waals surface area (Å²) in [6, 6.07) is 13.0. The minimum atomic E-state index is -0.229. The van der Waals surface area contributed by atoms with E-state index in [1.807, 2.05) is 17.8 Å². The van der Waals surface area contributed by atoms with Crippen LogP contribution in [0.3, 0.4) is 0 Å². The van der Waals surface area contributed by atoms with Gasteiger partial charge < -0.3 is 9.88 Å². The molecule has 0 amide bonds. The molecule has 1 heterocycles. The first kappa shape index (κ1) is 14.1. The van der Waals surface area contributed by atoms with Crippen molar-refractivity contribution in [2.75, 3.05) is 7.05 Å². The maximum atomic E-state index is 13.8. The number of rotatable bonds is 4. The Morgan fingerprint density at radius 3 is 2.81 bits per heavy atom. The molecule has 0 radical (unpaired) electrons. The molecule has 0 bridgehead atoms. The number of nitrogens with zero attached hydrogens (tertiary/aromatic N) is 1. The summed E-state index contributed by atoms with van der Waals surface area (Å²) >= 11 is 5.95. The number of hydrogen-bond acceptors (Lipinski definition) is 1. The van der Waals surface area contributed by atoms with Crippen molar-refractivity contribution < 1.29 is 4.39 Å². The highest BCUT2D eigenvalue weighted by Crippen LogP contribution is 2.21. The van der Waals surface area contributed by atoms with Crippen LogP contribution in [0.2, 0.25) is 5.02 Å². The van der Waals surface area contributed by atoms with Gasteiger partial charge in [-0.15, -0.1) is 0 Å². The van der Waals surface area contributed by atoms with Gasteiger partial charge in [0.1, 0.15) is 5.82 Å². The van der Waals surface area contributed by atoms with Gasteiger partial charge in [0.05, 0.1) is 6.54 Å². The van der Waals surface area contributed by atoms with E-state index in [0.29, 0.717) is 17.1 Å². The third kappa shape index (κ3) is 2.94. The lowest BCUT2D eigenvalue weighted by Gasteiger charge is -2.08. The van der Waals surface area contributed by atoms with Crippen LogP contribution in [-0.4, -0.2) is 11.6 Å². The van der Waals surface area contributed by atoms with Gasteiger partial charge in [-0.1, -0.05) is 17.7 Å². The zero-order valence-corrected chi connectivity index (χ0v) is 12.5. The minimum absolute atomic E-state index is 0.229. The summed E-state index contributed by atoms with van der Waals surface area (Å²) in [4.78, 5) is 0. The summed E-state index contributed by atoms with van der Waals surface area (Å²) in [7, 11) is 1.93. The fraction of sp³-hybridized carbons (Fsp3) is 0.176. The zero-order chi connectivity index (χ0) is 14.8. The van der Waals surface area contributed by atoms with E-state index in [1.54, 1.807) is 12.1 Å². The molecule has 0 unspecified atom stereocenters. The molecule has 1 N–H and O–H groups in total. The third-order valence-corrected chi connectivity index (χ3v) is 3.80. The molecule has 3 rings (SSSR count). The van der Waals surface area contributed by atoms with Gasteiger partial charge in [-0.05, 0) is 54.4 Å². The Hall–Kier alpha value is -1.84.